The van der Waals surface area contributed by atoms with Crippen molar-refractivity contribution in [3.63, 3.8) is 0 Å². The summed E-state index contributed by atoms with van der Waals surface area (Å²) in [5, 5.41) is 11.7. The molecule has 10 rings (SSSR count). The van der Waals surface area contributed by atoms with Crippen LogP contribution in [0.15, 0.2) is 46.9 Å². The van der Waals surface area contributed by atoms with Gasteiger partial charge < -0.3 is 45.7 Å². The van der Waals surface area contributed by atoms with E-state index in [1.54, 1.807) is 52.1 Å². The summed E-state index contributed by atoms with van der Waals surface area (Å²) in [6.45, 7) is 4.82. The first-order valence-electron chi connectivity index (χ1n) is 23.2. The van der Waals surface area contributed by atoms with Crippen molar-refractivity contribution >= 4 is 96.5 Å². The minimum absolute atomic E-state index is 0.000788. The predicted molar refractivity (Wildman–Crippen MR) is 270 cm³/mol. The molecule has 0 unspecified atom stereocenters. The van der Waals surface area contributed by atoms with Gasteiger partial charge in [-0.15, -0.1) is 22.7 Å². The summed E-state index contributed by atoms with van der Waals surface area (Å²) in [6, 6.07) is 8.07. The molecule has 3 amide bonds. The molecule has 2 aromatic carbocycles. The van der Waals surface area contributed by atoms with Gasteiger partial charge in [0.25, 0.3) is 0 Å². The zero-order valence-corrected chi connectivity index (χ0v) is 41.0. The van der Waals surface area contributed by atoms with Crippen LogP contribution in [-0.4, -0.2) is 121 Å². The van der Waals surface area contributed by atoms with Crippen LogP contribution in [0.3, 0.4) is 0 Å². The monoisotopic (exact) mass is 972 g/mol. The number of thiophene rings is 2. The van der Waals surface area contributed by atoms with Crippen molar-refractivity contribution in [3.8, 4) is 11.5 Å². The number of aliphatic imine (C=N–C) groups is 2. The average Bonchev–Trinajstić information content (AvgIpc) is 4.16. The summed E-state index contributed by atoms with van der Waals surface area (Å²) in [4.78, 5) is 71.3. The van der Waals surface area contributed by atoms with Crippen LogP contribution in [0.4, 0.5) is 27.8 Å². The number of carbonyl (C=O) groups excluding carboxylic acids is 3. The van der Waals surface area contributed by atoms with Crippen LogP contribution in [0.1, 0.15) is 62.9 Å². The number of fused-ring (bicyclic) bond motifs is 8. The topological polar surface area (TPSA) is 224 Å². The van der Waals surface area contributed by atoms with E-state index in [-0.39, 0.29) is 30.3 Å². The highest BCUT2D eigenvalue weighted by Crippen LogP contribution is 2.44. The molecule has 0 radical (unpaired) electrons. The van der Waals surface area contributed by atoms with E-state index in [0.29, 0.717) is 51.0 Å². The van der Waals surface area contributed by atoms with Gasteiger partial charge in [0.15, 0.2) is 0 Å². The van der Waals surface area contributed by atoms with Gasteiger partial charge in [0.1, 0.15) is 58.7 Å². The van der Waals surface area contributed by atoms with Crippen LogP contribution in [-0.2, 0) is 53.1 Å². The lowest BCUT2D eigenvalue weighted by Gasteiger charge is -2.24. The lowest BCUT2D eigenvalue weighted by Crippen LogP contribution is -2.32. The highest BCUT2D eigenvalue weighted by atomic mass is 32.1. The molecule has 0 bridgehead atoms. The second-order valence-electron chi connectivity index (χ2n) is 17.6. The number of amides is 3. The number of ether oxygens (including phenoxy) is 3. The zero-order chi connectivity index (χ0) is 48.2. The molecule has 4 aliphatic rings. The van der Waals surface area contributed by atoms with Crippen LogP contribution >= 0.6 is 22.7 Å². The Morgan fingerprint density at radius 1 is 0.710 bits per heavy atom. The molecule has 2 aliphatic carbocycles. The molecule has 18 nitrogen and oxygen atoms in total. The van der Waals surface area contributed by atoms with Crippen molar-refractivity contribution in [1.82, 2.24) is 35.1 Å². The largest absolute Gasteiger partial charge is 0.490 e. The van der Waals surface area contributed by atoms with Gasteiger partial charge in [-0.3, -0.25) is 19.6 Å². The molecule has 0 spiro atoms. The number of nitrogens with one attached hydrogen (secondary N) is 3. The van der Waals surface area contributed by atoms with E-state index < -0.39 is 6.09 Å². The molecule has 4 aromatic heterocycles. The fourth-order valence-electron chi connectivity index (χ4n) is 9.19. The maximum absolute atomic E-state index is 12.6. The van der Waals surface area contributed by atoms with Gasteiger partial charge in [-0.25, -0.2) is 24.7 Å². The van der Waals surface area contributed by atoms with Gasteiger partial charge in [0, 0.05) is 68.8 Å². The molecular formula is C49H56N12O6S2. The van der Waals surface area contributed by atoms with Crippen LogP contribution in [0.2, 0.25) is 0 Å². The summed E-state index contributed by atoms with van der Waals surface area (Å²) in [6.07, 6.45) is 11.2. The Hall–Kier alpha value is -6.77. The number of aryl methyl sites for hydroxylation is 2. The van der Waals surface area contributed by atoms with E-state index in [0.717, 1.165) is 104 Å². The summed E-state index contributed by atoms with van der Waals surface area (Å²) in [7, 11) is 7.26. The highest BCUT2D eigenvalue weighted by Gasteiger charge is 2.32. The average molecular weight is 973 g/mol. The Bertz CT molecular complexity index is 2980. The van der Waals surface area contributed by atoms with Crippen LogP contribution in [0, 0.1) is 11.8 Å². The zero-order valence-electron chi connectivity index (χ0n) is 39.4. The van der Waals surface area contributed by atoms with Gasteiger partial charge >= 0.3 is 6.09 Å². The first-order valence-corrected chi connectivity index (χ1v) is 24.8. The highest BCUT2D eigenvalue weighted by molar-refractivity contribution is 7.19. The van der Waals surface area contributed by atoms with Gasteiger partial charge in [-0.1, -0.05) is 0 Å². The number of nitrogens with zero attached hydrogens (tertiary/aromatic N) is 8. The Labute approximate surface area is 407 Å². The quantitative estimate of drug-likeness (QED) is 0.0848. The minimum Gasteiger partial charge on any atom is -0.490 e. The number of anilines is 4. The SMILES string of the molecule is CCOC(=O)NCCOc1cc2c(cc1Nc1ncnc3sc4c(c13)CC[C@H](C(=O)N(C)C)C4)C=NC2.CN(C)C(=O)[C@H]1CCc2c(sc3ncnc(Nc4cc5c(cc4OCCN)CN=C5)c23)C1. The molecule has 20 heteroatoms. The molecule has 0 fully saturated rings. The van der Waals surface area contributed by atoms with E-state index in [9.17, 15) is 14.4 Å². The fraction of sp³-hybridized carbons (Fsp3) is 0.408. The van der Waals surface area contributed by atoms with Crippen LogP contribution in [0.25, 0.3) is 20.4 Å². The first-order chi connectivity index (χ1) is 33.5. The number of rotatable bonds is 14. The number of hydrogen-bond acceptors (Lipinski definition) is 17. The standard InChI is InChI=1S/C26H30N6O4S.C23H26N6O2S/c1-4-35-26(34)28-7-8-36-20-10-17-13-27-12-16(17)9-19(20)31-23-22-18-6-5-15(25(33)32(2)3)11-21(18)37-24(22)30-14-29-23;1-29(2)23(30)13-3-4-16-19(9-13)32-22-20(16)21(26-12-27-22)28-17-7-14-10-25-11-15(14)8-18(17)31-6-5-24/h9-10,12,14-15H,4-8,11,13H2,1-3H3,(H,28,34)(H,29,30,31);7-8,10,12-13H,3-6,9,11,24H2,1-2H3,(H,26,27,28)/t15-;13-/m00/s1. The number of alkyl carbamates (subject to hydrolysis) is 1. The second kappa shape index (κ2) is 20.8. The van der Waals surface area contributed by atoms with Gasteiger partial charge in [0.05, 0.1) is 48.4 Å². The lowest BCUT2D eigenvalue weighted by atomic mass is 9.87. The van der Waals surface area contributed by atoms with Crippen molar-refractivity contribution in [2.45, 2.75) is 58.5 Å². The molecule has 5 N–H and O–H groups in total. The maximum Gasteiger partial charge on any atom is 0.407 e. The molecule has 2 aliphatic heterocycles. The number of aromatic nitrogens is 4. The Balaban J connectivity index is 0.000000174. The van der Waals surface area contributed by atoms with Crippen molar-refractivity contribution < 1.29 is 28.6 Å². The molecule has 6 heterocycles. The Kier molecular flexibility index (Phi) is 14.3. The van der Waals surface area contributed by atoms with Crippen molar-refractivity contribution in [2.24, 2.45) is 27.6 Å². The van der Waals surface area contributed by atoms with Crippen LogP contribution < -0.4 is 31.2 Å². The third kappa shape index (κ3) is 10.2. The third-order valence-electron chi connectivity index (χ3n) is 12.5. The lowest BCUT2D eigenvalue weighted by molar-refractivity contribution is -0.134. The normalized spacial score (nSPS) is 16.1. The van der Waals surface area contributed by atoms with E-state index in [1.165, 1.54) is 20.9 Å². The summed E-state index contributed by atoms with van der Waals surface area (Å²) in [5.41, 5.74) is 14.1. The summed E-state index contributed by atoms with van der Waals surface area (Å²) in [5.74, 6) is 3.27. The number of benzene rings is 2. The molecule has 0 saturated carbocycles. The van der Waals surface area contributed by atoms with E-state index in [1.807, 2.05) is 58.8 Å². The van der Waals surface area contributed by atoms with Crippen molar-refractivity contribution in [3.05, 3.63) is 80.1 Å². The molecule has 2 atom stereocenters. The first kappa shape index (κ1) is 47.3. The molecular weight excluding hydrogens is 917 g/mol. The van der Waals surface area contributed by atoms with E-state index in [4.69, 9.17) is 19.9 Å². The van der Waals surface area contributed by atoms with Gasteiger partial charge in [-0.05, 0) is 103 Å². The molecule has 360 valence electrons. The van der Waals surface area contributed by atoms with E-state index >= 15 is 0 Å². The summed E-state index contributed by atoms with van der Waals surface area (Å²) >= 11 is 3.30. The smallest absolute Gasteiger partial charge is 0.407 e. The van der Waals surface area contributed by atoms with E-state index in [2.05, 4.69) is 51.9 Å². The molecule has 69 heavy (non-hydrogen) atoms. The van der Waals surface area contributed by atoms with Crippen molar-refractivity contribution in [2.75, 3.05) is 71.7 Å². The Morgan fingerprint density at radius 2 is 1.20 bits per heavy atom. The second-order valence-corrected chi connectivity index (χ2v) is 19.7. The number of nitrogens with two attached hydrogens (primary N) is 1. The predicted octanol–water partition coefficient (Wildman–Crippen LogP) is 6.58. The number of hydrogen-bond donors (Lipinski definition) is 4. The fourth-order valence-corrected chi connectivity index (χ4v) is 11.7. The van der Waals surface area contributed by atoms with Crippen molar-refractivity contribution in [1.29, 1.82) is 0 Å². The Morgan fingerprint density at radius 3 is 1.67 bits per heavy atom. The molecule has 0 saturated heterocycles. The van der Waals surface area contributed by atoms with Gasteiger partial charge in [-0.2, -0.15) is 0 Å². The van der Waals surface area contributed by atoms with Gasteiger partial charge in [0.2, 0.25) is 11.8 Å². The van der Waals surface area contributed by atoms with Crippen LogP contribution in [0.5, 0.6) is 11.5 Å². The molecule has 6 aromatic rings. The minimum atomic E-state index is -0.466. The summed E-state index contributed by atoms with van der Waals surface area (Å²) < 4.78 is 16.9. The maximum atomic E-state index is 12.6. The number of carbonyl (C=O) groups is 3. The third-order valence-corrected chi connectivity index (χ3v) is 14.8.